The Kier molecular flexibility index (Phi) is 2.43. The van der Waals surface area contributed by atoms with Crippen molar-refractivity contribution in [3.8, 4) is 5.06 Å². The number of carbonyl (C=O) groups is 1. The molecule has 64 valence electrons. The van der Waals surface area contributed by atoms with Gasteiger partial charge < -0.3 is 4.74 Å². The molecule has 0 aromatic carbocycles. The van der Waals surface area contributed by atoms with Gasteiger partial charge in [0.25, 0.3) is 6.47 Å². The molecule has 0 atom stereocenters. The van der Waals surface area contributed by atoms with Crippen molar-refractivity contribution < 1.29 is 9.53 Å². The van der Waals surface area contributed by atoms with Gasteiger partial charge >= 0.3 is 0 Å². The molecular weight excluding hydrogens is 260 g/mol. The van der Waals surface area contributed by atoms with E-state index in [0.29, 0.717) is 11.5 Å². The molecule has 0 amide bonds. The molecular formula is C7H5BrO2S2. The van der Waals surface area contributed by atoms with Crippen LogP contribution in [0.3, 0.4) is 0 Å². The first-order chi connectivity index (χ1) is 5.83. The molecule has 0 saturated carbocycles. The van der Waals surface area contributed by atoms with E-state index in [1.807, 2.05) is 11.8 Å². The Morgan fingerprint density at radius 3 is 3.00 bits per heavy atom. The summed E-state index contributed by atoms with van der Waals surface area (Å²) in [5.74, 6) is 2.06. The highest BCUT2D eigenvalue weighted by atomic mass is 79.9. The number of halogens is 1. The van der Waals surface area contributed by atoms with Crippen molar-refractivity contribution in [3.63, 3.8) is 0 Å². The summed E-state index contributed by atoms with van der Waals surface area (Å²) < 4.78 is 5.77. The molecule has 2 rings (SSSR count). The lowest BCUT2D eigenvalue weighted by molar-refractivity contribution is -0.120. The van der Waals surface area contributed by atoms with E-state index in [0.717, 1.165) is 16.0 Å². The number of thiophene rings is 1. The van der Waals surface area contributed by atoms with Gasteiger partial charge in [0.15, 0.2) is 5.06 Å². The van der Waals surface area contributed by atoms with Crippen molar-refractivity contribution >= 4 is 45.5 Å². The lowest BCUT2D eigenvalue weighted by atomic mass is 10.3. The third-order valence-electron chi connectivity index (χ3n) is 1.63. The molecule has 5 heteroatoms. The second-order valence-corrected chi connectivity index (χ2v) is 5.16. The molecule has 0 bridgehead atoms. The third kappa shape index (κ3) is 1.30. The summed E-state index contributed by atoms with van der Waals surface area (Å²) in [4.78, 5) is 11.4. The maximum atomic E-state index is 10.1. The Balaban J connectivity index is 2.40. The van der Waals surface area contributed by atoms with Crippen LogP contribution >= 0.6 is 39.0 Å². The first-order valence-electron chi connectivity index (χ1n) is 3.31. The van der Waals surface area contributed by atoms with Crippen LogP contribution in [0.4, 0.5) is 0 Å². The van der Waals surface area contributed by atoms with Gasteiger partial charge in [0, 0.05) is 16.4 Å². The minimum absolute atomic E-state index is 0.471. The van der Waals surface area contributed by atoms with Gasteiger partial charge in [-0.3, -0.25) is 4.79 Å². The minimum Gasteiger partial charge on any atom is -0.416 e. The second-order valence-electron chi connectivity index (χ2n) is 2.31. The molecule has 2 heterocycles. The Hall–Kier alpha value is -0.000000000000000111. The summed E-state index contributed by atoms with van der Waals surface area (Å²) in [5, 5.41) is 0.690. The Labute approximate surface area is 86.4 Å². The van der Waals surface area contributed by atoms with E-state index >= 15 is 0 Å². The number of fused-ring (bicyclic) bond motifs is 1. The summed E-state index contributed by atoms with van der Waals surface area (Å²) >= 11 is 6.86. The molecule has 0 N–H and O–H groups in total. The van der Waals surface area contributed by atoms with Gasteiger partial charge in [0.2, 0.25) is 0 Å². The van der Waals surface area contributed by atoms with Gasteiger partial charge in [-0.05, 0) is 21.5 Å². The monoisotopic (exact) mass is 264 g/mol. The first-order valence-corrected chi connectivity index (χ1v) is 6.07. The maximum absolute atomic E-state index is 10.1. The predicted molar refractivity (Wildman–Crippen MR) is 53.7 cm³/mol. The number of ether oxygens (including phenoxy) is 1. The fraction of sp³-hybridized carbons (Fsp3) is 0.286. The summed E-state index contributed by atoms with van der Waals surface area (Å²) in [7, 11) is 0. The number of rotatable bonds is 2. The summed E-state index contributed by atoms with van der Waals surface area (Å²) in [6.07, 6.45) is 0. The van der Waals surface area contributed by atoms with Crippen molar-refractivity contribution in [1.82, 2.24) is 0 Å². The van der Waals surface area contributed by atoms with Gasteiger partial charge in [-0.25, -0.2) is 0 Å². The normalized spacial score (nSPS) is 14.4. The zero-order valence-electron chi connectivity index (χ0n) is 6.00. The van der Waals surface area contributed by atoms with E-state index < -0.39 is 0 Å². The smallest absolute Gasteiger partial charge is 0.299 e. The third-order valence-corrected chi connectivity index (χ3v) is 5.02. The van der Waals surface area contributed by atoms with Crippen LogP contribution in [0, 0.1) is 0 Å². The van der Waals surface area contributed by atoms with Crippen LogP contribution in [-0.4, -0.2) is 6.47 Å². The minimum atomic E-state index is 0.471. The zero-order valence-corrected chi connectivity index (χ0v) is 9.22. The van der Waals surface area contributed by atoms with E-state index in [1.54, 1.807) is 11.3 Å². The van der Waals surface area contributed by atoms with Crippen LogP contribution in [-0.2, 0) is 16.3 Å². The number of hydrogen-bond acceptors (Lipinski definition) is 4. The molecule has 1 aliphatic rings. The average molecular weight is 265 g/mol. The van der Waals surface area contributed by atoms with Crippen molar-refractivity contribution in [2.45, 2.75) is 11.5 Å². The SMILES string of the molecule is O=COc1sc2c(c1Br)CSC2. The van der Waals surface area contributed by atoms with Crippen molar-refractivity contribution in [1.29, 1.82) is 0 Å². The molecule has 2 nitrogen and oxygen atoms in total. The maximum Gasteiger partial charge on any atom is 0.299 e. The van der Waals surface area contributed by atoms with E-state index in [-0.39, 0.29) is 0 Å². The number of thioether (sulfide) groups is 1. The molecule has 1 aromatic rings. The Bertz CT molecular complexity index is 321. The molecule has 0 spiro atoms. The molecule has 1 aromatic heterocycles. The largest absolute Gasteiger partial charge is 0.416 e. The Morgan fingerprint density at radius 2 is 2.33 bits per heavy atom. The first kappa shape index (κ1) is 8.59. The quantitative estimate of drug-likeness (QED) is 0.769. The lowest BCUT2D eigenvalue weighted by Crippen LogP contribution is -1.85. The summed E-state index contributed by atoms with van der Waals surface area (Å²) in [6, 6.07) is 0. The molecule has 1 aliphatic heterocycles. The molecule has 0 unspecified atom stereocenters. The zero-order chi connectivity index (χ0) is 8.55. The van der Waals surface area contributed by atoms with Crippen LogP contribution < -0.4 is 4.74 Å². The Morgan fingerprint density at radius 1 is 1.50 bits per heavy atom. The van der Waals surface area contributed by atoms with Gasteiger partial charge in [-0.15, -0.1) is 11.3 Å². The van der Waals surface area contributed by atoms with E-state index in [4.69, 9.17) is 4.74 Å². The predicted octanol–water partition coefficient (Wildman–Crippen LogP) is 2.79. The topological polar surface area (TPSA) is 26.3 Å². The standard InChI is InChI=1S/C7H5BrO2S2/c8-6-4-1-11-2-5(4)12-7(6)10-3-9/h3H,1-2H2. The van der Waals surface area contributed by atoms with Crippen molar-refractivity contribution in [3.05, 3.63) is 14.9 Å². The van der Waals surface area contributed by atoms with Crippen molar-refractivity contribution in [2.24, 2.45) is 0 Å². The number of hydrogen-bond donors (Lipinski definition) is 0. The van der Waals surface area contributed by atoms with Crippen LogP contribution in [0.1, 0.15) is 10.4 Å². The van der Waals surface area contributed by atoms with Crippen LogP contribution in [0.5, 0.6) is 5.06 Å². The van der Waals surface area contributed by atoms with Gasteiger partial charge in [-0.2, -0.15) is 11.8 Å². The molecule has 0 radical (unpaired) electrons. The molecule has 0 aliphatic carbocycles. The highest BCUT2D eigenvalue weighted by Crippen LogP contribution is 2.46. The van der Waals surface area contributed by atoms with Crippen LogP contribution in [0.2, 0.25) is 0 Å². The van der Waals surface area contributed by atoms with Gasteiger partial charge in [0.1, 0.15) is 0 Å². The fourth-order valence-electron chi connectivity index (χ4n) is 1.09. The average Bonchev–Trinajstić information content (AvgIpc) is 2.58. The highest BCUT2D eigenvalue weighted by molar-refractivity contribution is 9.10. The fourth-order valence-corrected chi connectivity index (χ4v) is 4.51. The number of carbonyl (C=O) groups excluding carboxylic acids is 1. The van der Waals surface area contributed by atoms with E-state index in [2.05, 4.69) is 15.9 Å². The lowest BCUT2D eigenvalue weighted by Gasteiger charge is -1.93. The molecule has 0 fully saturated rings. The molecule has 0 saturated heterocycles. The van der Waals surface area contributed by atoms with E-state index in [1.165, 1.54) is 10.4 Å². The van der Waals surface area contributed by atoms with Crippen LogP contribution in [0.25, 0.3) is 0 Å². The summed E-state index contributed by atoms with van der Waals surface area (Å²) in [5.41, 5.74) is 1.29. The summed E-state index contributed by atoms with van der Waals surface area (Å²) in [6.45, 7) is 0.471. The molecule has 12 heavy (non-hydrogen) atoms. The van der Waals surface area contributed by atoms with Gasteiger partial charge in [-0.1, -0.05) is 0 Å². The van der Waals surface area contributed by atoms with Crippen LogP contribution in [0.15, 0.2) is 4.47 Å². The van der Waals surface area contributed by atoms with Gasteiger partial charge in [0.05, 0.1) is 4.47 Å². The van der Waals surface area contributed by atoms with E-state index in [9.17, 15) is 4.79 Å². The second kappa shape index (κ2) is 3.40. The highest BCUT2D eigenvalue weighted by Gasteiger charge is 2.21. The van der Waals surface area contributed by atoms with Crippen molar-refractivity contribution in [2.75, 3.05) is 0 Å².